The first-order valence-electron chi connectivity index (χ1n) is 7.84. The molecule has 1 N–H and O–H groups in total. The monoisotopic (exact) mass is 347 g/mol. The van der Waals surface area contributed by atoms with Gasteiger partial charge in [-0.15, -0.1) is 0 Å². The molecule has 0 saturated carbocycles. The second-order valence-corrected chi connectivity index (χ2v) is 5.26. The summed E-state index contributed by atoms with van der Waals surface area (Å²) in [4.78, 5) is 25.6. The molecule has 1 aromatic carbocycles. The fourth-order valence-corrected chi connectivity index (χ4v) is 2.09. The molecular formula is C17H18FN3O4. The lowest BCUT2D eigenvalue weighted by atomic mass is 10.2. The van der Waals surface area contributed by atoms with Crippen LogP contribution in [0.2, 0.25) is 0 Å². The Bertz CT molecular complexity index is 722. The number of nitrogens with zero attached hydrogens (tertiary/aromatic N) is 2. The molecule has 2 aromatic rings. The van der Waals surface area contributed by atoms with Gasteiger partial charge in [0.15, 0.2) is 0 Å². The fourth-order valence-electron chi connectivity index (χ4n) is 2.09. The van der Waals surface area contributed by atoms with Gasteiger partial charge in [0.1, 0.15) is 17.8 Å². The average Bonchev–Trinajstić information content (AvgIpc) is 2.61. The largest absolute Gasteiger partial charge is 0.462 e. The molecule has 0 unspecified atom stereocenters. The molecule has 0 bridgehead atoms. The van der Waals surface area contributed by atoms with E-state index in [1.165, 1.54) is 30.5 Å². The molecule has 0 saturated heterocycles. The van der Waals surface area contributed by atoms with Gasteiger partial charge in [-0.1, -0.05) is 12.1 Å². The first-order chi connectivity index (χ1) is 12.1. The standard InChI is InChI=1S/C17H18FN3O4/c18-15-7-3-2-6-14(15)17(22)25-11-5-1-4-10-19-16-9-8-13(12-20-16)21(23)24/h2-3,6-9,12H,1,4-5,10-11H2,(H,19,20). The van der Waals surface area contributed by atoms with Crippen LogP contribution >= 0.6 is 0 Å². The molecular weight excluding hydrogens is 329 g/mol. The predicted molar refractivity (Wildman–Crippen MR) is 89.9 cm³/mol. The molecule has 1 aromatic heterocycles. The minimum absolute atomic E-state index is 0.0535. The molecule has 8 heteroatoms. The molecule has 7 nitrogen and oxygen atoms in total. The quantitative estimate of drug-likeness (QED) is 0.322. The molecule has 0 fully saturated rings. The highest BCUT2D eigenvalue weighted by Gasteiger charge is 2.11. The molecule has 0 spiro atoms. The summed E-state index contributed by atoms with van der Waals surface area (Å²) in [6.45, 7) is 0.870. The number of benzene rings is 1. The number of anilines is 1. The Labute approximate surface area is 144 Å². The Kier molecular flexibility index (Phi) is 6.82. The van der Waals surface area contributed by atoms with Crippen molar-refractivity contribution in [3.8, 4) is 0 Å². The van der Waals surface area contributed by atoms with E-state index in [1.807, 2.05) is 0 Å². The molecule has 132 valence electrons. The lowest BCUT2D eigenvalue weighted by Crippen LogP contribution is -2.09. The van der Waals surface area contributed by atoms with Crippen LogP contribution in [0.1, 0.15) is 29.6 Å². The van der Waals surface area contributed by atoms with Crippen LogP contribution in [0, 0.1) is 15.9 Å². The molecule has 0 radical (unpaired) electrons. The highest BCUT2D eigenvalue weighted by Crippen LogP contribution is 2.12. The van der Waals surface area contributed by atoms with Crippen molar-refractivity contribution in [3.63, 3.8) is 0 Å². The van der Waals surface area contributed by atoms with Gasteiger partial charge in [0.05, 0.1) is 17.1 Å². The van der Waals surface area contributed by atoms with E-state index in [0.29, 0.717) is 18.8 Å². The van der Waals surface area contributed by atoms with E-state index in [1.54, 1.807) is 12.1 Å². The van der Waals surface area contributed by atoms with Gasteiger partial charge < -0.3 is 10.1 Å². The minimum Gasteiger partial charge on any atom is -0.462 e. The van der Waals surface area contributed by atoms with Crippen LogP contribution in [-0.4, -0.2) is 29.0 Å². The van der Waals surface area contributed by atoms with E-state index < -0.39 is 16.7 Å². The van der Waals surface area contributed by atoms with Gasteiger partial charge in [-0.3, -0.25) is 10.1 Å². The van der Waals surface area contributed by atoms with E-state index in [0.717, 1.165) is 12.8 Å². The number of nitrogens with one attached hydrogen (secondary N) is 1. The highest BCUT2D eigenvalue weighted by atomic mass is 19.1. The Morgan fingerprint density at radius 2 is 2.00 bits per heavy atom. The smallest absolute Gasteiger partial charge is 0.341 e. The zero-order valence-electron chi connectivity index (χ0n) is 13.5. The molecule has 25 heavy (non-hydrogen) atoms. The van der Waals surface area contributed by atoms with Crippen LogP contribution in [0.4, 0.5) is 15.9 Å². The van der Waals surface area contributed by atoms with Crippen LogP contribution < -0.4 is 5.32 Å². The molecule has 0 aliphatic rings. The average molecular weight is 347 g/mol. The molecule has 0 atom stereocenters. The van der Waals surface area contributed by atoms with Crippen LogP contribution in [0.25, 0.3) is 0 Å². The summed E-state index contributed by atoms with van der Waals surface area (Å²) in [5.74, 6) is -0.685. The number of esters is 1. The number of pyridine rings is 1. The zero-order chi connectivity index (χ0) is 18.1. The number of carbonyl (C=O) groups is 1. The van der Waals surface area contributed by atoms with E-state index >= 15 is 0 Å². The first kappa shape index (κ1) is 18.3. The van der Waals surface area contributed by atoms with Gasteiger partial charge >= 0.3 is 5.97 Å². The maximum Gasteiger partial charge on any atom is 0.341 e. The Balaban J connectivity index is 1.58. The molecule has 1 heterocycles. The van der Waals surface area contributed by atoms with E-state index in [2.05, 4.69) is 10.3 Å². The van der Waals surface area contributed by atoms with Gasteiger partial charge in [-0.05, 0) is 37.5 Å². The maximum atomic E-state index is 13.4. The molecule has 2 rings (SSSR count). The number of aromatic nitrogens is 1. The van der Waals surface area contributed by atoms with Crippen LogP contribution in [0.3, 0.4) is 0 Å². The summed E-state index contributed by atoms with van der Waals surface area (Å²) in [6, 6.07) is 8.63. The Morgan fingerprint density at radius 3 is 2.68 bits per heavy atom. The van der Waals surface area contributed by atoms with Gasteiger partial charge in [0, 0.05) is 12.6 Å². The first-order valence-corrected chi connectivity index (χ1v) is 7.84. The van der Waals surface area contributed by atoms with E-state index in [9.17, 15) is 19.3 Å². The zero-order valence-corrected chi connectivity index (χ0v) is 13.5. The van der Waals surface area contributed by atoms with Crippen molar-refractivity contribution in [2.45, 2.75) is 19.3 Å². The highest BCUT2D eigenvalue weighted by molar-refractivity contribution is 5.89. The van der Waals surface area contributed by atoms with E-state index in [4.69, 9.17) is 4.74 Å². The summed E-state index contributed by atoms with van der Waals surface area (Å²) >= 11 is 0. The number of rotatable bonds is 9. The Morgan fingerprint density at radius 1 is 1.20 bits per heavy atom. The number of unbranched alkanes of at least 4 members (excludes halogenated alkanes) is 2. The maximum absolute atomic E-state index is 13.4. The van der Waals surface area contributed by atoms with Gasteiger partial charge in [0.25, 0.3) is 5.69 Å². The molecule has 0 aliphatic heterocycles. The van der Waals surface area contributed by atoms with Crippen molar-refractivity contribution in [1.82, 2.24) is 4.98 Å². The SMILES string of the molecule is O=C(OCCCCCNc1ccc([N+](=O)[O-])cn1)c1ccccc1F. The van der Waals surface area contributed by atoms with E-state index in [-0.39, 0.29) is 17.9 Å². The Hall–Kier alpha value is -3.03. The number of ether oxygens (including phenoxy) is 1. The topological polar surface area (TPSA) is 94.4 Å². The normalized spacial score (nSPS) is 10.3. The number of hydrogen-bond acceptors (Lipinski definition) is 6. The summed E-state index contributed by atoms with van der Waals surface area (Å²) in [5.41, 5.74) is -0.115. The van der Waals surface area contributed by atoms with Crippen LogP contribution in [-0.2, 0) is 4.74 Å². The van der Waals surface area contributed by atoms with Gasteiger partial charge in [0.2, 0.25) is 0 Å². The summed E-state index contributed by atoms with van der Waals surface area (Å²) in [5, 5.41) is 13.6. The third kappa shape index (κ3) is 5.83. The second-order valence-electron chi connectivity index (χ2n) is 5.26. The molecule has 0 amide bonds. The van der Waals surface area contributed by atoms with Gasteiger partial charge in [-0.25, -0.2) is 14.2 Å². The summed E-state index contributed by atoms with van der Waals surface area (Å²) in [7, 11) is 0. The second kappa shape index (κ2) is 9.31. The third-order valence-corrected chi connectivity index (χ3v) is 3.41. The minimum atomic E-state index is -0.661. The number of nitro groups is 1. The van der Waals surface area contributed by atoms with Crippen molar-refractivity contribution in [1.29, 1.82) is 0 Å². The van der Waals surface area contributed by atoms with Crippen LogP contribution in [0.15, 0.2) is 42.6 Å². The lowest BCUT2D eigenvalue weighted by molar-refractivity contribution is -0.385. The summed E-state index contributed by atoms with van der Waals surface area (Å²) < 4.78 is 18.4. The van der Waals surface area contributed by atoms with Crippen molar-refractivity contribution < 1.29 is 18.8 Å². The van der Waals surface area contributed by atoms with Crippen molar-refractivity contribution in [2.24, 2.45) is 0 Å². The summed E-state index contributed by atoms with van der Waals surface area (Å²) in [6.07, 6.45) is 3.49. The van der Waals surface area contributed by atoms with Crippen molar-refractivity contribution in [2.75, 3.05) is 18.5 Å². The molecule has 0 aliphatic carbocycles. The van der Waals surface area contributed by atoms with Gasteiger partial charge in [-0.2, -0.15) is 0 Å². The fraction of sp³-hybridized carbons (Fsp3) is 0.294. The number of halogens is 1. The van der Waals surface area contributed by atoms with Crippen molar-refractivity contribution in [3.05, 3.63) is 64.1 Å². The van der Waals surface area contributed by atoms with Crippen LogP contribution in [0.5, 0.6) is 0 Å². The van der Waals surface area contributed by atoms with Crippen molar-refractivity contribution >= 4 is 17.5 Å². The lowest BCUT2D eigenvalue weighted by Gasteiger charge is -2.07. The predicted octanol–water partition coefficient (Wildman–Crippen LogP) is 3.57. The number of hydrogen-bond donors (Lipinski definition) is 1. The number of carbonyl (C=O) groups excluding carboxylic acids is 1. The third-order valence-electron chi connectivity index (χ3n) is 3.41.